The number of hydrogen-bond donors (Lipinski definition) is 3. The first kappa shape index (κ1) is 28.1. The molecule has 0 bridgehead atoms. The fourth-order valence-corrected chi connectivity index (χ4v) is 10.7. The maximum Gasteiger partial charge on any atom is 1.00 e. The molecule has 35 heavy (non-hydrogen) atoms. The van der Waals surface area contributed by atoms with Crippen molar-refractivity contribution in [2.75, 3.05) is 6.61 Å². The molecule has 0 saturated heterocycles. The summed E-state index contributed by atoms with van der Waals surface area (Å²) in [5, 5.41) is 31.8. The molecule has 0 aromatic rings. The molecule has 0 amide bonds. The van der Waals surface area contributed by atoms with Gasteiger partial charge in [-0.2, -0.15) is 0 Å². The van der Waals surface area contributed by atoms with Gasteiger partial charge in [-0.15, -0.1) is 0 Å². The number of fused-ring (bicyclic) bond motifs is 7. The molecule has 0 aromatic heterocycles. The molecule has 0 unspecified atom stereocenters. The van der Waals surface area contributed by atoms with Crippen molar-refractivity contribution in [3.63, 3.8) is 0 Å². The molecule has 3 N–H and O–H groups in total. The average Bonchev–Trinajstić information content (AvgIpc) is 2.76. The van der Waals surface area contributed by atoms with Crippen molar-refractivity contribution in [3.8, 4) is 0 Å². The summed E-state index contributed by atoms with van der Waals surface area (Å²) in [4.78, 5) is 12.8. The number of aliphatic carboxylic acids is 1. The maximum absolute atomic E-state index is 12.8. The van der Waals surface area contributed by atoms with Crippen LogP contribution in [0.15, 0.2) is 11.6 Å². The normalized spacial score (nSPS) is 52.5. The summed E-state index contributed by atoms with van der Waals surface area (Å²) in [5.41, 5.74) is 0.858. The quantitative estimate of drug-likeness (QED) is 0.405. The molecular weight excluding hydrogens is 447 g/mol. The number of hydrogen-bond acceptors (Lipinski definition) is 3. The van der Waals surface area contributed by atoms with Gasteiger partial charge in [0, 0.05) is 5.41 Å². The molecule has 9 atom stereocenters. The summed E-state index contributed by atoms with van der Waals surface area (Å²) in [6.07, 6.45) is 11.6. The molecule has 5 aliphatic carbocycles. The Morgan fingerprint density at radius 1 is 0.971 bits per heavy atom. The van der Waals surface area contributed by atoms with Crippen LogP contribution < -0.4 is 29.6 Å². The molecule has 5 aliphatic rings. The Labute approximate surface area is 236 Å². The van der Waals surface area contributed by atoms with E-state index in [9.17, 15) is 20.1 Å². The standard InChI is InChI=1S/C30H48O4.Na.H/c1-25(2)13-15-30(24(33)34)16-14-28(5)19(20(30)17-25)7-8-22-26(3)11-10-23(32)27(4,18-31)21(26)9-12-29(22,28)6;;/h7,20-23,31-32H,8-18H2,1-6H3,(H,33,34);;/q;+1;-1/t20-,21+,22+,23-,26-,27-,28+,29+,30-;;/m0../s1. The van der Waals surface area contributed by atoms with Crippen LogP contribution in [0.25, 0.3) is 0 Å². The van der Waals surface area contributed by atoms with E-state index >= 15 is 0 Å². The van der Waals surface area contributed by atoms with E-state index in [1.54, 1.807) is 0 Å². The van der Waals surface area contributed by atoms with Crippen molar-refractivity contribution in [3.05, 3.63) is 11.6 Å². The van der Waals surface area contributed by atoms with Crippen molar-refractivity contribution in [2.45, 2.75) is 112 Å². The number of carboxylic acid groups (broad SMARTS) is 1. The molecule has 4 nitrogen and oxygen atoms in total. The van der Waals surface area contributed by atoms with Gasteiger partial charge in [0.25, 0.3) is 0 Å². The van der Waals surface area contributed by atoms with Crippen molar-refractivity contribution in [1.29, 1.82) is 0 Å². The van der Waals surface area contributed by atoms with Gasteiger partial charge in [0.15, 0.2) is 0 Å². The van der Waals surface area contributed by atoms with Gasteiger partial charge in [-0.3, -0.25) is 4.79 Å². The van der Waals surface area contributed by atoms with Crippen LogP contribution >= 0.6 is 0 Å². The number of allylic oxidation sites excluding steroid dienone is 2. The van der Waals surface area contributed by atoms with E-state index in [1.165, 1.54) is 5.57 Å². The van der Waals surface area contributed by atoms with Gasteiger partial charge in [0.2, 0.25) is 0 Å². The minimum Gasteiger partial charge on any atom is -1.00 e. The Balaban J connectivity index is 0.00000180. The molecule has 194 valence electrons. The Morgan fingerprint density at radius 2 is 1.63 bits per heavy atom. The summed E-state index contributed by atoms with van der Waals surface area (Å²) < 4.78 is 0. The van der Waals surface area contributed by atoms with E-state index < -0.39 is 22.9 Å². The Hall–Kier alpha value is 0.130. The van der Waals surface area contributed by atoms with Crippen molar-refractivity contribution >= 4 is 5.97 Å². The number of aliphatic hydroxyl groups is 2. The SMILES string of the molecule is CC1(C)CC[C@]2(C(=O)O)CC[C@]3(C)C(=CC[C@@H]4[C@@]5(C)CC[C@H](O)[C@@](C)(CO)[C@@H]5CC[C@]43C)[C@@H]2C1.[H-].[Na+]. The number of carbonyl (C=O) groups is 1. The molecule has 4 saturated carbocycles. The first-order valence-electron chi connectivity index (χ1n) is 13.9. The predicted molar refractivity (Wildman–Crippen MR) is 135 cm³/mol. The largest absolute Gasteiger partial charge is 1.00 e. The fraction of sp³-hybridized carbons (Fsp3) is 0.900. The van der Waals surface area contributed by atoms with Crippen LogP contribution in [0.3, 0.4) is 0 Å². The molecular formula is C30H49NaO4. The minimum atomic E-state index is -0.588. The molecule has 5 rings (SSSR count). The second kappa shape index (κ2) is 8.57. The molecule has 4 fully saturated rings. The van der Waals surface area contributed by atoms with Gasteiger partial charge in [-0.1, -0.05) is 53.2 Å². The Kier molecular flexibility index (Phi) is 6.89. The Morgan fingerprint density at radius 3 is 2.26 bits per heavy atom. The summed E-state index contributed by atoms with van der Waals surface area (Å²) in [5.74, 6) is 0.395. The zero-order valence-electron chi connectivity index (χ0n) is 24.4. The van der Waals surface area contributed by atoms with Crippen LogP contribution in [0.2, 0.25) is 0 Å². The molecule has 0 radical (unpaired) electrons. The van der Waals surface area contributed by atoms with Crippen LogP contribution in [0.5, 0.6) is 0 Å². The average molecular weight is 497 g/mol. The van der Waals surface area contributed by atoms with Crippen molar-refractivity contribution in [1.82, 2.24) is 0 Å². The van der Waals surface area contributed by atoms with Crippen LogP contribution in [-0.2, 0) is 4.79 Å². The number of carboxylic acids is 1. The summed E-state index contributed by atoms with van der Waals surface area (Å²) in [6, 6.07) is 0. The summed E-state index contributed by atoms with van der Waals surface area (Å²) in [7, 11) is 0. The predicted octanol–water partition coefficient (Wildman–Crippen LogP) is 3.32. The van der Waals surface area contributed by atoms with Crippen LogP contribution in [-0.4, -0.2) is 34.0 Å². The van der Waals surface area contributed by atoms with Gasteiger partial charge < -0.3 is 16.7 Å². The molecule has 0 heterocycles. The van der Waals surface area contributed by atoms with E-state index in [1.807, 2.05) is 0 Å². The van der Waals surface area contributed by atoms with E-state index in [0.29, 0.717) is 11.8 Å². The second-order valence-corrected chi connectivity index (χ2v) is 14.9. The van der Waals surface area contributed by atoms with E-state index in [-0.39, 0.29) is 65.2 Å². The molecule has 0 aliphatic heterocycles. The van der Waals surface area contributed by atoms with E-state index in [4.69, 9.17) is 0 Å². The van der Waals surface area contributed by atoms with Gasteiger partial charge in [0.05, 0.1) is 18.1 Å². The summed E-state index contributed by atoms with van der Waals surface area (Å²) in [6.45, 7) is 14.3. The van der Waals surface area contributed by atoms with E-state index in [2.05, 4.69) is 47.6 Å². The van der Waals surface area contributed by atoms with Gasteiger partial charge in [0.1, 0.15) is 0 Å². The molecule has 0 spiro atoms. The van der Waals surface area contributed by atoms with Crippen molar-refractivity contribution in [2.24, 2.45) is 50.2 Å². The third kappa shape index (κ3) is 3.51. The van der Waals surface area contributed by atoms with Crippen LogP contribution in [0.4, 0.5) is 0 Å². The number of aliphatic hydroxyl groups excluding tert-OH is 2. The smallest absolute Gasteiger partial charge is 1.00 e. The first-order chi connectivity index (χ1) is 15.7. The maximum atomic E-state index is 12.8. The Bertz CT molecular complexity index is 921. The monoisotopic (exact) mass is 496 g/mol. The third-order valence-electron chi connectivity index (χ3n) is 13.2. The zero-order chi connectivity index (χ0) is 24.9. The van der Waals surface area contributed by atoms with Gasteiger partial charge >= 0.3 is 35.5 Å². The first-order valence-corrected chi connectivity index (χ1v) is 13.9. The second-order valence-electron chi connectivity index (χ2n) is 14.9. The van der Waals surface area contributed by atoms with Crippen LogP contribution in [0, 0.1) is 50.2 Å². The van der Waals surface area contributed by atoms with Crippen molar-refractivity contribution < 1.29 is 51.1 Å². The zero-order valence-corrected chi connectivity index (χ0v) is 25.4. The summed E-state index contributed by atoms with van der Waals surface area (Å²) >= 11 is 0. The van der Waals surface area contributed by atoms with Crippen LogP contribution in [0.1, 0.15) is 107 Å². The fourth-order valence-electron chi connectivity index (χ4n) is 10.7. The molecule has 0 aromatic carbocycles. The minimum absolute atomic E-state index is 0. The van der Waals surface area contributed by atoms with Gasteiger partial charge in [-0.05, 0) is 104 Å². The molecule has 5 heteroatoms. The third-order valence-corrected chi connectivity index (χ3v) is 13.2. The van der Waals surface area contributed by atoms with E-state index in [0.717, 1.165) is 64.2 Å². The number of rotatable bonds is 2. The topological polar surface area (TPSA) is 77.8 Å². The van der Waals surface area contributed by atoms with Gasteiger partial charge in [-0.25, -0.2) is 0 Å².